The predicted molar refractivity (Wildman–Crippen MR) is 239 cm³/mol. The number of furan rings is 1. The molecule has 291 valence electrons. The second-order valence-corrected chi connectivity index (χ2v) is 26.0. The average molecular weight is 1000 g/mol. The van der Waals surface area contributed by atoms with Crippen LogP contribution in [0.25, 0.3) is 72.7 Å². The van der Waals surface area contributed by atoms with Crippen LogP contribution in [0, 0.1) is 19.1 Å². The van der Waals surface area contributed by atoms with Crippen LogP contribution >= 0.6 is 0 Å². The molecule has 8 heteroatoms. The SMILES string of the molecule is Cc1cc2nc(-c3[c-]ccc4c3oc3nc(-c5ccccc5)ccc34)n(-c3ccccc3)c2cn1.[CH3][Ge]([CH3])([CH3])[c]1cnc(-c2[c-]cccc2)cc1Cc1ccccc1.[Ir]. The summed E-state index contributed by atoms with van der Waals surface area (Å²) in [6.07, 6.45) is 4.97. The zero-order valence-electron chi connectivity index (χ0n) is 33.3. The zero-order chi connectivity index (χ0) is 39.6. The van der Waals surface area contributed by atoms with Crippen molar-refractivity contribution in [2.75, 3.05) is 0 Å². The molecule has 0 spiro atoms. The van der Waals surface area contributed by atoms with Gasteiger partial charge >= 0.3 is 142 Å². The van der Waals surface area contributed by atoms with E-state index in [4.69, 9.17) is 19.4 Å². The van der Waals surface area contributed by atoms with Gasteiger partial charge in [-0.1, -0.05) is 59.5 Å². The van der Waals surface area contributed by atoms with Crippen molar-refractivity contribution in [1.82, 2.24) is 24.5 Å². The number of nitrogens with zero attached hydrogens (tertiary/aromatic N) is 5. The van der Waals surface area contributed by atoms with Gasteiger partial charge in [0.25, 0.3) is 0 Å². The molecule has 10 rings (SSSR count). The first-order valence-electron chi connectivity index (χ1n) is 19.5. The van der Waals surface area contributed by atoms with Gasteiger partial charge in [0.1, 0.15) is 0 Å². The van der Waals surface area contributed by atoms with Crippen molar-refractivity contribution in [2.24, 2.45) is 0 Å². The van der Waals surface area contributed by atoms with Gasteiger partial charge in [0, 0.05) is 42.4 Å². The van der Waals surface area contributed by atoms with E-state index in [0.29, 0.717) is 5.71 Å². The zero-order valence-corrected chi connectivity index (χ0v) is 37.8. The Labute approximate surface area is 360 Å². The number of rotatable bonds is 7. The number of fused-ring (bicyclic) bond motifs is 4. The molecule has 5 aromatic heterocycles. The fourth-order valence-corrected chi connectivity index (χ4v) is 10.8. The van der Waals surface area contributed by atoms with Crippen LogP contribution in [0.3, 0.4) is 0 Å². The summed E-state index contributed by atoms with van der Waals surface area (Å²) < 4.78 is 10.0. The van der Waals surface area contributed by atoms with Gasteiger partial charge in [-0.25, -0.2) is 4.98 Å². The monoisotopic (exact) mass is 1010 g/mol. The van der Waals surface area contributed by atoms with Crippen LogP contribution in [0.2, 0.25) is 17.3 Å². The van der Waals surface area contributed by atoms with Crippen molar-refractivity contribution in [1.29, 1.82) is 0 Å². The first kappa shape index (κ1) is 39.8. The molecule has 0 atom stereocenters. The minimum atomic E-state index is -1.96. The molecule has 0 unspecified atom stereocenters. The molecular weight excluding hydrogens is 963 g/mol. The van der Waals surface area contributed by atoms with E-state index in [1.807, 2.05) is 104 Å². The molecule has 0 saturated carbocycles. The second-order valence-electron chi connectivity index (χ2n) is 15.4. The van der Waals surface area contributed by atoms with Gasteiger partial charge in [0.05, 0.1) is 34.3 Å². The maximum absolute atomic E-state index is 6.40. The van der Waals surface area contributed by atoms with Gasteiger partial charge in [0.15, 0.2) is 0 Å². The van der Waals surface area contributed by atoms with Gasteiger partial charge in [-0.05, 0) is 37.3 Å². The Morgan fingerprint density at radius 2 is 1.39 bits per heavy atom. The molecule has 0 aliphatic carbocycles. The number of benzene rings is 5. The maximum atomic E-state index is 6.40. The fraction of sp³-hybridized carbons (Fsp3) is 0.0980. The van der Waals surface area contributed by atoms with E-state index in [2.05, 4.69) is 106 Å². The minimum Gasteiger partial charge on any atom is 0 e. The first-order chi connectivity index (χ1) is 28.3. The van der Waals surface area contributed by atoms with E-state index < -0.39 is 13.3 Å². The number of para-hydroxylation sites is 1. The number of aromatic nitrogens is 5. The molecule has 59 heavy (non-hydrogen) atoms. The molecule has 0 amide bonds. The Morgan fingerprint density at radius 3 is 2.12 bits per heavy atom. The molecule has 6 nitrogen and oxygen atoms in total. The van der Waals surface area contributed by atoms with Gasteiger partial charge < -0.3 is 8.98 Å². The molecule has 0 N–H and O–H groups in total. The molecule has 5 aromatic carbocycles. The van der Waals surface area contributed by atoms with Crippen molar-refractivity contribution in [3.8, 4) is 39.6 Å². The summed E-state index contributed by atoms with van der Waals surface area (Å²) in [5.74, 6) is 8.05. The Bertz CT molecular complexity index is 3020. The van der Waals surface area contributed by atoms with E-state index >= 15 is 0 Å². The molecule has 10 aromatic rings. The topological polar surface area (TPSA) is 69.6 Å². The summed E-state index contributed by atoms with van der Waals surface area (Å²) in [6, 6.07) is 58.1. The number of pyridine rings is 3. The predicted octanol–water partition coefficient (Wildman–Crippen LogP) is 11.8. The van der Waals surface area contributed by atoms with Crippen molar-refractivity contribution >= 4 is 50.8 Å². The maximum Gasteiger partial charge on any atom is 0 e. The van der Waals surface area contributed by atoms with Crippen molar-refractivity contribution in [3.05, 3.63) is 193 Å². The van der Waals surface area contributed by atoms with Crippen molar-refractivity contribution < 1.29 is 24.5 Å². The molecular formula is C51H41GeIrN5O-2. The molecule has 5 heterocycles. The molecule has 0 aliphatic heterocycles. The fourth-order valence-electron chi connectivity index (χ4n) is 7.48. The Kier molecular flexibility index (Phi) is 11.5. The van der Waals surface area contributed by atoms with E-state index in [9.17, 15) is 0 Å². The average Bonchev–Trinajstić information content (AvgIpc) is 3.83. The van der Waals surface area contributed by atoms with Gasteiger partial charge in [-0.2, -0.15) is 0 Å². The van der Waals surface area contributed by atoms with Crippen LogP contribution in [-0.2, 0) is 26.5 Å². The van der Waals surface area contributed by atoms with Crippen LogP contribution in [0.1, 0.15) is 16.8 Å². The smallest absolute Gasteiger partial charge is 0 e. The van der Waals surface area contributed by atoms with E-state index in [-0.39, 0.29) is 20.1 Å². The third-order valence-electron chi connectivity index (χ3n) is 10.3. The molecule has 0 fully saturated rings. The Hall–Kier alpha value is -5.99. The van der Waals surface area contributed by atoms with Crippen LogP contribution in [0.5, 0.6) is 0 Å². The van der Waals surface area contributed by atoms with Crippen LogP contribution in [-0.4, -0.2) is 37.8 Å². The number of hydrogen-bond donors (Lipinski definition) is 0. The quantitative estimate of drug-likeness (QED) is 0.118. The van der Waals surface area contributed by atoms with Gasteiger partial charge in [-0.15, -0.1) is 18.2 Å². The summed E-state index contributed by atoms with van der Waals surface area (Å²) in [5, 5.41) is 1.96. The molecule has 0 aliphatic rings. The van der Waals surface area contributed by atoms with E-state index in [1.54, 1.807) is 0 Å². The van der Waals surface area contributed by atoms with Gasteiger partial charge in [0.2, 0.25) is 5.71 Å². The number of aryl methyl sites for hydroxylation is 1. The Morgan fingerprint density at radius 1 is 0.661 bits per heavy atom. The summed E-state index contributed by atoms with van der Waals surface area (Å²) >= 11 is -1.96. The largest absolute Gasteiger partial charge is 0 e. The van der Waals surface area contributed by atoms with Crippen molar-refractivity contribution in [2.45, 2.75) is 30.6 Å². The van der Waals surface area contributed by atoms with Crippen LogP contribution in [0.15, 0.2) is 168 Å². The molecule has 0 saturated heterocycles. The van der Waals surface area contributed by atoms with E-state index in [0.717, 1.165) is 79.1 Å². The summed E-state index contributed by atoms with van der Waals surface area (Å²) in [5.41, 5.74) is 12.6. The molecule has 1 radical (unpaired) electrons. The molecule has 0 bridgehead atoms. The normalized spacial score (nSPS) is 11.3. The van der Waals surface area contributed by atoms with Crippen LogP contribution in [0.4, 0.5) is 0 Å². The van der Waals surface area contributed by atoms with Crippen molar-refractivity contribution in [3.63, 3.8) is 0 Å². The third-order valence-corrected chi connectivity index (χ3v) is 14.6. The number of hydrogen-bond acceptors (Lipinski definition) is 5. The first-order valence-corrected chi connectivity index (χ1v) is 26.9. The second kappa shape index (κ2) is 17.1. The standard InChI is InChI=1S/C30H19N4O.C21H22GeN.Ir/c1-19-17-26-27(18-31-19)34(21-11-6-3-7-12-21)29(32-26)24-14-8-13-22-23-15-16-25(20-9-4-2-5-10-20)33-30(23)35-28(22)24;1-22(2,3)20-16-23-21(18-12-8-5-9-13-18)15-19(20)14-17-10-6-4-7-11-17;/h2-13,15-18H,1H3;4-12,15-16H,14H2,1-3H3;/q2*-1;. The summed E-state index contributed by atoms with van der Waals surface area (Å²) in [6.45, 7) is 1.97. The summed E-state index contributed by atoms with van der Waals surface area (Å²) in [4.78, 5) is 19.1. The third kappa shape index (κ3) is 8.32. The van der Waals surface area contributed by atoms with Crippen LogP contribution < -0.4 is 4.40 Å². The Balaban J connectivity index is 0.000000176. The van der Waals surface area contributed by atoms with Gasteiger partial charge in [-0.3, -0.25) is 9.97 Å². The summed E-state index contributed by atoms with van der Waals surface area (Å²) in [7, 11) is 0. The van der Waals surface area contributed by atoms with E-state index in [1.165, 1.54) is 15.5 Å². The number of imidazole rings is 1. The minimum absolute atomic E-state index is 0.